The van der Waals surface area contributed by atoms with Gasteiger partial charge in [0.25, 0.3) is 0 Å². The van der Waals surface area contributed by atoms with Crippen molar-refractivity contribution in [3.05, 3.63) is 59.7 Å². The number of piperidine rings is 1. The monoisotopic (exact) mass is 364 g/mol. The maximum atomic E-state index is 11.3. The van der Waals surface area contributed by atoms with Crippen LogP contribution in [0.15, 0.2) is 48.5 Å². The number of aryl methyl sites for hydroxylation is 2. The van der Waals surface area contributed by atoms with Gasteiger partial charge in [0.05, 0.1) is 5.92 Å². The third-order valence-electron chi connectivity index (χ3n) is 5.94. The summed E-state index contributed by atoms with van der Waals surface area (Å²) in [6, 6.07) is 17.5. The quantitative estimate of drug-likeness (QED) is 0.867. The molecule has 0 saturated carbocycles. The van der Waals surface area contributed by atoms with Gasteiger partial charge in [-0.05, 0) is 68.5 Å². The first kappa shape index (κ1) is 18.1. The fourth-order valence-electron chi connectivity index (χ4n) is 4.52. The van der Waals surface area contributed by atoms with Crippen LogP contribution in [0.4, 0.5) is 11.4 Å². The van der Waals surface area contributed by atoms with Crippen molar-refractivity contribution in [2.75, 3.05) is 31.1 Å². The van der Waals surface area contributed by atoms with E-state index in [-0.39, 0.29) is 5.92 Å². The van der Waals surface area contributed by atoms with Gasteiger partial charge in [-0.1, -0.05) is 36.4 Å². The summed E-state index contributed by atoms with van der Waals surface area (Å²) >= 11 is 0. The Balaban J connectivity index is 1.47. The average Bonchev–Trinajstić information content (AvgIpc) is 2.86. The predicted molar refractivity (Wildman–Crippen MR) is 109 cm³/mol. The topological polar surface area (TPSA) is 43.8 Å². The Labute approximate surface area is 161 Å². The second-order valence-corrected chi connectivity index (χ2v) is 7.74. The van der Waals surface area contributed by atoms with E-state index < -0.39 is 5.97 Å². The molecule has 4 heteroatoms. The van der Waals surface area contributed by atoms with Crippen LogP contribution in [0.3, 0.4) is 0 Å². The van der Waals surface area contributed by atoms with Crippen LogP contribution in [0.25, 0.3) is 0 Å². The average molecular weight is 364 g/mol. The molecule has 142 valence electrons. The molecule has 2 aromatic carbocycles. The van der Waals surface area contributed by atoms with Gasteiger partial charge >= 0.3 is 5.97 Å². The van der Waals surface area contributed by atoms with Gasteiger partial charge in [0.1, 0.15) is 0 Å². The molecule has 4 rings (SSSR count). The van der Waals surface area contributed by atoms with Gasteiger partial charge in [0, 0.05) is 24.5 Å². The fraction of sp³-hybridized carbons (Fsp3) is 0.435. The minimum Gasteiger partial charge on any atom is -0.481 e. The minimum atomic E-state index is -0.643. The van der Waals surface area contributed by atoms with E-state index in [9.17, 15) is 9.90 Å². The highest BCUT2D eigenvalue weighted by atomic mass is 16.4. The highest BCUT2D eigenvalue weighted by Crippen LogP contribution is 2.35. The number of hydrogen-bond donors (Lipinski definition) is 1. The van der Waals surface area contributed by atoms with Gasteiger partial charge in [-0.3, -0.25) is 4.79 Å². The molecule has 0 aliphatic carbocycles. The van der Waals surface area contributed by atoms with Crippen LogP contribution in [-0.2, 0) is 17.6 Å². The molecule has 4 nitrogen and oxygen atoms in total. The second kappa shape index (κ2) is 8.13. The molecule has 1 saturated heterocycles. The standard InChI is InChI=1S/C23H28N2O2/c26-23(27)20-9-5-14-24(17-20)15-6-16-25-21-10-3-1-7-18(21)12-13-19-8-2-4-11-22(19)25/h1-4,7-8,10-11,20H,5-6,9,12-17H2,(H,26,27)/t20-/m1/s1. The number of benzene rings is 2. The summed E-state index contributed by atoms with van der Waals surface area (Å²) in [6.07, 6.45) is 5.01. The lowest BCUT2D eigenvalue weighted by Gasteiger charge is -2.32. The molecule has 0 amide bonds. The normalized spacial score (nSPS) is 19.9. The lowest BCUT2D eigenvalue weighted by atomic mass is 9.98. The molecule has 27 heavy (non-hydrogen) atoms. The summed E-state index contributed by atoms with van der Waals surface area (Å²) in [7, 11) is 0. The summed E-state index contributed by atoms with van der Waals surface area (Å²) in [5, 5.41) is 9.30. The number of likely N-dealkylation sites (tertiary alicyclic amines) is 1. The van der Waals surface area contributed by atoms with Crippen LogP contribution in [0.1, 0.15) is 30.4 Å². The number of fused-ring (bicyclic) bond motifs is 2. The number of aliphatic carboxylic acids is 1. The van der Waals surface area contributed by atoms with Crippen LogP contribution in [-0.4, -0.2) is 42.2 Å². The van der Waals surface area contributed by atoms with Crippen molar-refractivity contribution in [1.82, 2.24) is 4.90 Å². The third-order valence-corrected chi connectivity index (χ3v) is 5.94. The zero-order valence-corrected chi connectivity index (χ0v) is 15.8. The van der Waals surface area contributed by atoms with Gasteiger partial charge in [-0.25, -0.2) is 0 Å². The SMILES string of the molecule is O=C(O)[C@@H]1CCCN(CCCN2c3ccccc3CCc3ccccc32)C1. The Morgan fingerprint density at radius 2 is 1.59 bits per heavy atom. The number of carboxylic acid groups (broad SMARTS) is 1. The lowest BCUT2D eigenvalue weighted by Crippen LogP contribution is -2.39. The summed E-state index contributed by atoms with van der Waals surface area (Å²) in [4.78, 5) is 16.1. The number of anilines is 2. The Kier molecular flexibility index (Phi) is 5.44. The number of para-hydroxylation sites is 2. The second-order valence-electron chi connectivity index (χ2n) is 7.74. The van der Waals surface area contributed by atoms with Crippen molar-refractivity contribution in [2.45, 2.75) is 32.1 Å². The number of carbonyl (C=O) groups is 1. The summed E-state index contributed by atoms with van der Waals surface area (Å²) < 4.78 is 0. The first-order valence-corrected chi connectivity index (χ1v) is 10.1. The van der Waals surface area contributed by atoms with E-state index in [2.05, 4.69) is 58.3 Å². The Bertz CT molecular complexity index is 757. The summed E-state index contributed by atoms with van der Waals surface area (Å²) in [5.41, 5.74) is 5.48. The molecule has 1 atom stereocenters. The van der Waals surface area contributed by atoms with Gasteiger partial charge in [0.2, 0.25) is 0 Å². The lowest BCUT2D eigenvalue weighted by molar-refractivity contribution is -0.143. The van der Waals surface area contributed by atoms with Gasteiger partial charge < -0.3 is 14.9 Å². The highest BCUT2D eigenvalue weighted by molar-refractivity contribution is 5.71. The molecule has 2 aromatic rings. The highest BCUT2D eigenvalue weighted by Gasteiger charge is 2.25. The molecule has 0 radical (unpaired) electrons. The molecule has 1 fully saturated rings. The smallest absolute Gasteiger partial charge is 0.307 e. The number of rotatable bonds is 5. The molecule has 2 aliphatic rings. The Morgan fingerprint density at radius 1 is 0.963 bits per heavy atom. The van der Waals surface area contributed by atoms with Crippen LogP contribution >= 0.6 is 0 Å². The first-order valence-electron chi connectivity index (χ1n) is 10.1. The van der Waals surface area contributed by atoms with Crippen LogP contribution < -0.4 is 4.90 Å². The molecule has 2 aliphatic heterocycles. The van der Waals surface area contributed by atoms with E-state index in [0.717, 1.165) is 51.7 Å². The van der Waals surface area contributed by atoms with E-state index in [1.165, 1.54) is 22.5 Å². The van der Waals surface area contributed by atoms with Crippen LogP contribution in [0.5, 0.6) is 0 Å². The minimum absolute atomic E-state index is 0.196. The maximum absolute atomic E-state index is 11.3. The Morgan fingerprint density at radius 3 is 2.22 bits per heavy atom. The zero-order chi connectivity index (χ0) is 18.6. The molecular weight excluding hydrogens is 336 g/mol. The first-order chi connectivity index (χ1) is 13.2. The third kappa shape index (κ3) is 4.01. The molecule has 2 heterocycles. The van der Waals surface area contributed by atoms with Crippen LogP contribution in [0.2, 0.25) is 0 Å². The molecular formula is C23H28N2O2. The van der Waals surface area contributed by atoms with E-state index in [1.54, 1.807) is 0 Å². The van der Waals surface area contributed by atoms with E-state index in [1.807, 2.05) is 0 Å². The van der Waals surface area contributed by atoms with Crippen molar-refractivity contribution in [3.8, 4) is 0 Å². The zero-order valence-electron chi connectivity index (χ0n) is 15.8. The van der Waals surface area contributed by atoms with Crippen molar-refractivity contribution < 1.29 is 9.90 Å². The fourth-order valence-corrected chi connectivity index (χ4v) is 4.52. The van der Waals surface area contributed by atoms with Gasteiger partial charge in [-0.15, -0.1) is 0 Å². The molecule has 0 bridgehead atoms. The summed E-state index contributed by atoms with van der Waals surface area (Å²) in [5.74, 6) is -0.839. The van der Waals surface area contributed by atoms with Crippen LogP contribution in [0, 0.1) is 5.92 Å². The molecule has 1 N–H and O–H groups in total. The van der Waals surface area contributed by atoms with Gasteiger partial charge in [-0.2, -0.15) is 0 Å². The van der Waals surface area contributed by atoms with Crippen molar-refractivity contribution in [2.24, 2.45) is 5.92 Å². The molecule has 0 spiro atoms. The van der Waals surface area contributed by atoms with Crippen molar-refractivity contribution in [3.63, 3.8) is 0 Å². The number of nitrogens with zero attached hydrogens (tertiary/aromatic N) is 2. The largest absolute Gasteiger partial charge is 0.481 e. The number of carboxylic acids is 1. The maximum Gasteiger partial charge on any atom is 0.307 e. The van der Waals surface area contributed by atoms with E-state index in [4.69, 9.17) is 0 Å². The molecule has 0 unspecified atom stereocenters. The van der Waals surface area contributed by atoms with E-state index in [0.29, 0.717) is 6.54 Å². The Hall–Kier alpha value is -2.33. The van der Waals surface area contributed by atoms with Crippen molar-refractivity contribution in [1.29, 1.82) is 0 Å². The van der Waals surface area contributed by atoms with Crippen molar-refractivity contribution >= 4 is 17.3 Å². The number of hydrogen-bond acceptors (Lipinski definition) is 3. The van der Waals surface area contributed by atoms with Gasteiger partial charge in [0.15, 0.2) is 0 Å². The predicted octanol–water partition coefficient (Wildman–Crippen LogP) is 4.11. The van der Waals surface area contributed by atoms with E-state index >= 15 is 0 Å². The summed E-state index contributed by atoms with van der Waals surface area (Å²) in [6.45, 7) is 3.65. The molecule has 0 aromatic heterocycles.